The first-order valence-corrected chi connectivity index (χ1v) is 5.13. The van der Waals surface area contributed by atoms with Crippen molar-refractivity contribution < 1.29 is 0 Å². The van der Waals surface area contributed by atoms with Gasteiger partial charge in [0.25, 0.3) is 0 Å². The van der Waals surface area contributed by atoms with Crippen LogP contribution in [-0.4, -0.2) is 12.6 Å². The largest absolute Gasteiger partial charge is 0.314 e. The highest BCUT2D eigenvalue weighted by Crippen LogP contribution is 2.37. The van der Waals surface area contributed by atoms with Crippen molar-refractivity contribution in [3.63, 3.8) is 0 Å². The summed E-state index contributed by atoms with van der Waals surface area (Å²) in [5.41, 5.74) is 0. The molecule has 2 rings (SSSR count). The summed E-state index contributed by atoms with van der Waals surface area (Å²) in [6.07, 6.45) is 7.27. The maximum absolute atomic E-state index is 3.65. The fourth-order valence-electron chi connectivity index (χ4n) is 2.79. The van der Waals surface area contributed by atoms with Gasteiger partial charge in [-0.25, -0.2) is 0 Å². The summed E-state index contributed by atoms with van der Waals surface area (Å²) in [5, 5.41) is 3.65. The normalized spacial score (nSPS) is 43.9. The Hall–Kier alpha value is -0.0400. The van der Waals surface area contributed by atoms with E-state index in [1.165, 1.54) is 38.6 Å². The molecule has 0 spiro atoms. The Balaban J connectivity index is 1.92. The van der Waals surface area contributed by atoms with Crippen LogP contribution in [0, 0.1) is 11.8 Å². The fraction of sp³-hybridized carbons (Fsp3) is 1.00. The highest BCUT2D eigenvalue weighted by Gasteiger charge is 2.34. The molecular formula is C10H19N. The van der Waals surface area contributed by atoms with Gasteiger partial charge in [0.15, 0.2) is 0 Å². The molecule has 1 nitrogen and oxygen atoms in total. The van der Waals surface area contributed by atoms with Gasteiger partial charge in [0.2, 0.25) is 0 Å². The van der Waals surface area contributed by atoms with Gasteiger partial charge in [-0.05, 0) is 44.1 Å². The minimum Gasteiger partial charge on any atom is -0.314 e. The molecule has 1 heteroatoms. The number of fused-ring (bicyclic) bond motifs is 1. The van der Waals surface area contributed by atoms with Crippen LogP contribution in [0.2, 0.25) is 0 Å². The molecule has 3 atom stereocenters. The molecule has 64 valence electrons. The van der Waals surface area contributed by atoms with E-state index in [4.69, 9.17) is 0 Å². The molecule has 1 saturated heterocycles. The summed E-state index contributed by atoms with van der Waals surface area (Å²) in [6, 6.07) is 0.897. The van der Waals surface area contributed by atoms with Crippen molar-refractivity contribution in [2.45, 2.75) is 45.1 Å². The van der Waals surface area contributed by atoms with Gasteiger partial charge in [-0.2, -0.15) is 0 Å². The van der Waals surface area contributed by atoms with Crippen molar-refractivity contribution >= 4 is 0 Å². The molecule has 1 aliphatic carbocycles. The highest BCUT2D eigenvalue weighted by molar-refractivity contribution is 4.90. The van der Waals surface area contributed by atoms with Gasteiger partial charge in [0.1, 0.15) is 0 Å². The highest BCUT2D eigenvalue weighted by atomic mass is 14.9. The lowest BCUT2D eigenvalue weighted by molar-refractivity contribution is 0.318. The average Bonchev–Trinajstić information content (AvgIpc) is 2.46. The molecule has 1 aliphatic heterocycles. The smallest absolute Gasteiger partial charge is 0.00980 e. The molecule has 0 radical (unpaired) electrons. The minimum atomic E-state index is 0.897. The zero-order valence-corrected chi connectivity index (χ0v) is 7.47. The van der Waals surface area contributed by atoms with E-state index in [9.17, 15) is 0 Å². The van der Waals surface area contributed by atoms with Crippen LogP contribution >= 0.6 is 0 Å². The summed E-state index contributed by atoms with van der Waals surface area (Å²) >= 11 is 0. The third-order valence-corrected chi connectivity index (χ3v) is 3.53. The van der Waals surface area contributed by atoms with Crippen LogP contribution in [0.4, 0.5) is 0 Å². The summed E-state index contributed by atoms with van der Waals surface area (Å²) in [4.78, 5) is 0. The maximum Gasteiger partial charge on any atom is 0.00980 e. The van der Waals surface area contributed by atoms with Crippen LogP contribution in [-0.2, 0) is 0 Å². The number of hydrogen-bond acceptors (Lipinski definition) is 1. The predicted molar refractivity (Wildman–Crippen MR) is 47.5 cm³/mol. The Labute approximate surface area is 69.6 Å². The topological polar surface area (TPSA) is 12.0 Å². The van der Waals surface area contributed by atoms with E-state index in [2.05, 4.69) is 12.2 Å². The van der Waals surface area contributed by atoms with Crippen LogP contribution in [0.15, 0.2) is 0 Å². The lowest BCUT2D eigenvalue weighted by Gasteiger charge is -2.26. The van der Waals surface area contributed by atoms with E-state index in [-0.39, 0.29) is 0 Å². The van der Waals surface area contributed by atoms with E-state index in [1.807, 2.05) is 0 Å². The molecule has 11 heavy (non-hydrogen) atoms. The number of rotatable bonds is 1. The van der Waals surface area contributed by atoms with Crippen LogP contribution in [0.25, 0.3) is 0 Å². The third-order valence-electron chi connectivity index (χ3n) is 3.53. The van der Waals surface area contributed by atoms with Crippen LogP contribution < -0.4 is 5.32 Å². The summed E-state index contributed by atoms with van der Waals surface area (Å²) in [5.74, 6) is 2.07. The van der Waals surface area contributed by atoms with Gasteiger partial charge >= 0.3 is 0 Å². The minimum absolute atomic E-state index is 0.897. The second kappa shape index (κ2) is 3.14. The molecule has 2 aliphatic rings. The predicted octanol–water partition coefficient (Wildman–Crippen LogP) is 2.17. The van der Waals surface area contributed by atoms with Gasteiger partial charge in [-0.3, -0.25) is 0 Å². The number of piperidine rings is 1. The maximum atomic E-state index is 3.65. The van der Waals surface area contributed by atoms with Crippen molar-refractivity contribution in [3.05, 3.63) is 0 Å². The molecule has 0 aromatic rings. The molecule has 1 heterocycles. The molecule has 1 N–H and O–H groups in total. The molecule has 0 aromatic carbocycles. The lowest BCUT2D eigenvalue weighted by atomic mass is 9.94. The summed E-state index contributed by atoms with van der Waals surface area (Å²) in [6.45, 7) is 3.61. The Kier molecular flexibility index (Phi) is 2.17. The van der Waals surface area contributed by atoms with Gasteiger partial charge in [0, 0.05) is 6.04 Å². The van der Waals surface area contributed by atoms with Gasteiger partial charge < -0.3 is 5.32 Å². The Morgan fingerprint density at radius 3 is 3.00 bits per heavy atom. The zero-order valence-electron chi connectivity index (χ0n) is 7.47. The molecule has 0 bridgehead atoms. The summed E-state index contributed by atoms with van der Waals surface area (Å²) < 4.78 is 0. The molecule has 0 aromatic heterocycles. The first kappa shape index (κ1) is 7.60. The fourth-order valence-corrected chi connectivity index (χ4v) is 2.79. The van der Waals surface area contributed by atoms with E-state index >= 15 is 0 Å². The molecule has 2 fully saturated rings. The van der Waals surface area contributed by atoms with Crippen molar-refractivity contribution in [3.8, 4) is 0 Å². The molecule has 3 unspecified atom stereocenters. The van der Waals surface area contributed by atoms with Gasteiger partial charge in [-0.15, -0.1) is 0 Å². The van der Waals surface area contributed by atoms with Crippen molar-refractivity contribution in [2.24, 2.45) is 11.8 Å². The second-order valence-electron chi connectivity index (χ2n) is 4.21. The van der Waals surface area contributed by atoms with E-state index in [0.717, 1.165) is 17.9 Å². The van der Waals surface area contributed by atoms with E-state index in [0.29, 0.717) is 0 Å². The van der Waals surface area contributed by atoms with E-state index in [1.54, 1.807) is 0 Å². The van der Waals surface area contributed by atoms with Crippen molar-refractivity contribution in [1.29, 1.82) is 0 Å². The number of nitrogens with one attached hydrogen (secondary N) is 1. The Morgan fingerprint density at radius 1 is 1.36 bits per heavy atom. The van der Waals surface area contributed by atoms with Crippen molar-refractivity contribution in [2.75, 3.05) is 6.54 Å². The van der Waals surface area contributed by atoms with Gasteiger partial charge in [-0.1, -0.05) is 13.3 Å². The Bertz CT molecular complexity index is 119. The molecular weight excluding hydrogens is 134 g/mol. The van der Waals surface area contributed by atoms with Crippen LogP contribution in [0.5, 0.6) is 0 Å². The van der Waals surface area contributed by atoms with Crippen LogP contribution in [0.1, 0.15) is 39.0 Å². The zero-order chi connectivity index (χ0) is 7.68. The third kappa shape index (κ3) is 1.44. The first-order valence-electron chi connectivity index (χ1n) is 5.13. The van der Waals surface area contributed by atoms with Gasteiger partial charge in [0.05, 0.1) is 0 Å². The SMILES string of the molecule is CCC1CC2CCCNC2C1. The van der Waals surface area contributed by atoms with Crippen molar-refractivity contribution in [1.82, 2.24) is 5.32 Å². The van der Waals surface area contributed by atoms with E-state index < -0.39 is 0 Å². The average molecular weight is 153 g/mol. The standard InChI is InChI=1S/C10H19N/c1-2-8-6-9-4-3-5-11-10(9)7-8/h8-11H,2-7H2,1H3. The first-order chi connectivity index (χ1) is 5.40. The second-order valence-corrected chi connectivity index (χ2v) is 4.21. The van der Waals surface area contributed by atoms with Crippen LogP contribution in [0.3, 0.4) is 0 Å². The number of hydrogen-bond donors (Lipinski definition) is 1. The quantitative estimate of drug-likeness (QED) is 0.609. The monoisotopic (exact) mass is 153 g/mol. The Morgan fingerprint density at radius 2 is 2.27 bits per heavy atom. The molecule has 1 saturated carbocycles. The lowest BCUT2D eigenvalue weighted by Crippen LogP contribution is -2.37. The summed E-state index contributed by atoms with van der Waals surface area (Å²) in [7, 11) is 0. The molecule has 0 amide bonds.